The van der Waals surface area contributed by atoms with Crippen LogP contribution in [0.5, 0.6) is 0 Å². The highest BCUT2D eigenvalue weighted by Crippen LogP contribution is 2.46. The third-order valence-electron chi connectivity index (χ3n) is 3.88. The average Bonchev–Trinajstić information content (AvgIpc) is 3.04. The van der Waals surface area contributed by atoms with Crippen molar-refractivity contribution in [1.29, 1.82) is 0 Å². The maximum atomic E-state index is 12.5. The van der Waals surface area contributed by atoms with Crippen LogP contribution in [0.25, 0.3) is 0 Å². The van der Waals surface area contributed by atoms with Crippen molar-refractivity contribution < 1.29 is 14.3 Å². The molecule has 0 bridgehead atoms. The quantitative estimate of drug-likeness (QED) is 0.577. The number of carbonyl (C=O) groups excluding carboxylic acids is 2. The van der Waals surface area contributed by atoms with Crippen molar-refractivity contribution in [1.82, 2.24) is 14.7 Å². The third-order valence-corrected chi connectivity index (χ3v) is 4.63. The van der Waals surface area contributed by atoms with E-state index >= 15 is 0 Å². The molecule has 0 atom stereocenters. The van der Waals surface area contributed by atoms with Gasteiger partial charge in [0.25, 0.3) is 5.91 Å². The predicted octanol–water partition coefficient (Wildman–Crippen LogP) is 1.28. The normalized spacial score (nSPS) is 19.5. The minimum absolute atomic E-state index is 0.0783. The number of fused-ring (bicyclic) bond motifs is 1. The Kier molecular flexibility index (Phi) is 2.84. The Balaban J connectivity index is 2.08. The number of likely N-dealkylation sites (N-methyl/N-ethyl adjacent to an activating group) is 1. The first-order valence-electron chi connectivity index (χ1n) is 6.22. The molecule has 1 spiro atoms. The van der Waals surface area contributed by atoms with Gasteiger partial charge in [-0.2, -0.15) is 5.10 Å². The van der Waals surface area contributed by atoms with Crippen molar-refractivity contribution in [3.63, 3.8) is 0 Å². The molecule has 0 N–H and O–H groups in total. The Hall–Kier alpha value is -1.12. The standard InChI is InChI=1S/C12H14IN3O3/c1-3-19-11(18)7-8-10(17)15(2)12(4-5-12)6-16(8)14-9(7)13/h3-6H2,1-2H3. The van der Waals surface area contributed by atoms with Crippen LogP contribution in [0, 0.1) is 3.70 Å². The van der Waals surface area contributed by atoms with E-state index in [4.69, 9.17) is 4.74 Å². The second kappa shape index (κ2) is 4.19. The van der Waals surface area contributed by atoms with Gasteiger partial charge < -0.3 is 9.64 Å². The molecule has 1 amide bonds. The number of amides is 1. The minimum Gasteiger partial charge on any atom is -0.462 e. The summed E-state index contributed by atoms with van der Waals surface area (Å²) < 4.78 is 7.22. The summed E-state index contributed by atoms with van der Waals surface area (Å²) in [6.45, 7) is 2.70. The van der Waals surface area contributed by atoms with E-state index in [1.54, 1.807) is 23.6 Å². The summed E-state index contributed by atoms with van der Waals surface area (Å²) in [5.74, 6) is -0.608. The molecular formula is C12H14IN3O3. The van der Waals surface area contributed by atoms with Gasteiger partial charge in [-0.25, -0.2) is 4.79 Å². The molecule has 6 nitrogen and oxygen atoms in total. The number of nitrogens with zero attached hydrogens (tertiary/aromatic N) is 3. The highest BCUT2D eigenvalue weighted by atomic mass is 127. The number of hydrogen-bond acceptors (Lipinski definition) is 4. The minimum atomic E-state index is -0.471. The van der Waals surface area contributed by atoms with Gasteiger partial charge >= 0.3 is 5.97 Å². The molecule has 0 saturated heterocycles. The molecule has 1 aliphatic carbocycles. The first kappa shape index (κ1) is 12.9. The lowest BCUT2D eigenvalue weighted by atomic mass is 10.1. The number of carbonyl (C=O) groups is 2. The van der Waals surface area contributed by atoms with Gasteiger partial charge in [-0.15, -0.1) is 0 Å². The van der Waals surface area contributed by atoms with Crippen LogP contribution in [0.3, 0.4) is 0 Å². The SMILES string of the molecule is CCOC(=O)c1c(I)nn2c1C(=O)N(C)C1(CC1)C2. The monoisotopic (exact) mass is 375 g/mol. The van der Waals surface area contributed by atoms with Crippen LogP contribution in [0.15, 0.2) is 0 Å². The molecule has 0 radical (unpaired) electrons. The van der Waals surface area contributed by atoms with Crippen molar-refractivity contribution in [3.8, 4) is 0 Å². The van der Waals surface area contributed by atoms with Gasteiger partial charge in [-0.3, -0.25) is 9.48 Å². The van der Waals surface area contributed by atoms with E-state index in [1.807, 2.05) is 22.6 Å². The van der Waals surface area contributed by atoms with E-state index < -0.39 is 5.97 Å². The van der Waals surface area contributed by atoms with Gasteiger partial charge in [0.15, 0.2) is 0 Å². The highest BCUT2D eigenvalue weighted by molar-refractivity contribution is 14.1. The molecule has 19 heavy (non-hydrogen) atoms. The van der Waals surface area contributed by atoms with Gasteiger partial charge in [0.05, 0.1) is 18.7 Å². The molecule has 102 valence electrons. The van der Waals surface area contributed by atoms with E-state index in [0.717, 1.165) is 12.8 Å². The van der Waals surface area contributed by atoms with Gasteiger partial charge in [0.1, 0.15) is 15.0 Å². The molecule has 0 aromatic carbocycles. The van der Waals surface area contributed by atoms with Crippen LogP contribution >= 0.6 is 22.6 Å². The molecule has 1 fully saturated rings. The number of aromatic nitrogens is 2. The number of rotatable bonds is 2. The molecule has 7 heteroatoms. The average molecular weight is 375 g/mol. The van der Waals surface area contributed by atoms with Crippen LogP contribution < -0.4 is 0 Å². The molecule has 2 heterocycles. The summed E-state index contributed by atoms with van der Waals surface area (Å²) in [5.41, 5.74) is 0.586. The van der Waals surface area contributed by atoms with Gasteiger partial charge in [-0.05, 0) is 42.4 Å². The molecular weight excluding hydrogens is 361 g/mol. The van der Waals surface area contributed by atoms with E-state index in [-0.39, 0.29) is 18.1 Å². The Bertz CT molecular complexity index is 577. The zero-order valence-corrected chi connectivity index (χ0v) is 12.9. The number of hydrogen-bond donors (Lipinski definition) is 0. The van der Waals surface area contributed by atoms with Gasteiger partial charge in [0.2, 0.25) is 0 Å². The summed E-state index contributed by atoms with van der Waals surface area (Å²) in [6.07, 6.45) is 2.00. The van der Waals surface area contributed by atoms with E-state index in [1.165, 1.54) is 0 Å². The van der Waals surface area contributed by atoms with Crippen molar-refractivity contribution in [2.24, 2.45) is 0 Å². The second-order valence-corrected chi connectivity index (χ2v) is 6.00. The zero-order valence-electron chi connectivity index (χ0n) is 10.8. The Morgan fingerprint density at radius 2 is 2.21 bits per heavy atom. The molecule has 1 saturated carbocycles. The summed E-state index contributed by atoms with van der Waals surface area (Å²) in [4.78, 5) is 26.2. The van der Waals surface area contributed by atoms with Gasteiger partial charge in [-0.1, -0.05) is 0 Å². The first-order valence-corrected chi connectivity index (χ1v) is 7.29. The topological polar surface area (TPSA) is 64.4 Å². The summed E-state index contributed by atoms with van der Waals surface area (Å²) in [6, 6.07) is 0. The van der Waals surface area contributed by atoms with Gasteiger partial charge in [0, 0.05) is 7.05 Å². The van der Waals surface area contributed by atoms with Crippen LogP contribution in [0.4, 0.5) is 0 Å². The van der Waals surface area contributed by atoms with Crippen LogP contribution in [-0.4, -0.2) is 45.8 Å². The number of ether oxygens (including phenoxy) is 1. The highest BCUT2D eigenvalue weighted by Gasteiger charge is 2.53. The van der Waals surface area contributed by atoms with E-state index in [2.05, 4.69) is 5.10 Å². The van der Waals surface area contributed by atoms with Crippen LogP contribution in [-0.2, 0) is 11.3 Å². The Morgan fingerprint density at radius 1 is 1.53 bits per heavy atom. The summed E-state index contributed by atoms with van der Waals surface area (Å²) in [7, 11) is 1.80. The number of halogens is 1. The predicted molar refractivity (Wildman–Crippen MR) is 75.0 cm³/mol. The molecule has 2 aliphatic rings. The zero-order chi connectivity index (χ0) is 13.8. The summed E-state index contributed by atoms with van der Waals surface area (Å²) >= 11 is 1.98. The maximum Gasteiger partial charge on any atom is 0.343 e. The molecule has 1 aliphatic heterocycles. The third kappa shape index (κ3) is 1.78. The fourth-order valence-corrected chi connectivity index (χ4v) is 3.28. The fourth-order valence-electron chi connectivity index (χ4n) is 2.55. The Labute approximate surface area is 124 Å². The number of esters is 1. The van der Waals surface area contributed by atoms with Crippen LogP contribution in [0.1, 0.15) is 40.6 Å². The fraction of sp³-hybridized carbons (Fsp3) is 0.583. The Morgan fingerprint density at radius 3 is 2.79 bits per heavy atom. The second-order valence-electron chi connectivity index (χ2n) is 4.98. The van der Waals surface area contributed by atoms with Crippen molar-refractivity contribution in [2.75, 3.05) is 13.7 Å². The molecule has 3 rings (SSSR count). The lowest BCUT2D eigenvalue weighted by Gasteiger charge is -2.33. The maximum absolute atomic E-state index is 12.5. The lowest BCUT2D eigenvalue weighted by Crippen LogP contribution is -2.48. The smallest absolute Gasteiger partial charge is 0.343 e. The molecule has 1 aromatic heterocycles. The van der Waals surface area contributed by atoms with E-state index in [9.17, 15) is 9.59 Å². The van der Waals surface area contributed by atoms with Crippen molar-refractivity contribution in [2.45, 2.75) is 31.8 Å². The molecule has 1 aromatic rings. The summed E-state index contributed by atoms with van der Waals surface area (Å²) in [5, 5.41) is 4.33. The van der Waals surface area contributed by atoms with Crippen molar-refractivity contribution in [3.05, 3.63) is 15.0 Å². The lowest BCUT2D eigenvalue weighted by molar-refractivity contribution is 0.0502. The largest absolute Gasteiger partial charge is 0.462 e. The molecule has 0 unspecified atom stereocenters. The first-order chi connectivity index (χ1) is 9.00. The van der Waals surface area contributed by atoms with Crippen molar-refractivity contribution >= 4 is 34.5 Å². The van der Waals surface area contributed by atoms with E-state index in [0.29, 0.717) is 21.5 Å². The van der Waals surface area contributed by atoms with Crippen LogP contribution in [0.2, 0.25) is 0 Å².